The van der Waals surface area contributed by atoms with Gasteiger partial charge in [-0.25, -0.2) is 0 Å². The van der Waals surface area contributed by atoms with Crippen molar-refractivity contribution in [3.05, 3.63) is 243 Å². The summed E-state index contributed by atoms with van der Waals surface area (Å²) < 4.78 is 15.8. The number of hydrogen-bond acceptors (Lipinski definition) is 15. The molecule has 8 aromatic carbocycles. The molecule has 1 heterocycles. The first-order valence-corrected chi connectivity index (χ1v) is 28.8. The van der Waals surface area contributed by atoms with Gasteiger partial charge in [-0.05, 0) is 150 Å². The SMILES string of the molecule is CNC(c1ccccc1)c1ccccc1.CNC1CCN(Cc2c(OC)cccc2OC)CC1.CNCC(O)c1ccc(O)c(OC)c1.CNCC(O)c1ccccc1.CNCCc1ccc([N+](=O)[O-])cc1.CNCc1cccc2ccccc12. The van der Waals surface area contributed by atoms with Crippen LogP contribution >= 0.6 is 0 Å². The predicted molar refractivity (Wildman–Crippen MR) is 347 cm³/mol. The second-order valence-corrected chi connectivity index (χ2v) is 20.0. The first-order valence-electron chi connectivity index (χ1n) is 28.8. The minimum Gasteiger partial charge on any atom is -0.504 e. The molecule has 0 aliphatic carbocycles. The van der Waals surface area contributed by atoms with Gasteiger partial charge < -0.3 is 61.4 Å². The number of benzene rings is 8. The zero-order chi connectivity index (χ0) is 61.6. The molecule has 2 unspecified atom stereocenters. The normalized spacial score (nSPS) is 12.6. The van der Waals surface area contributed by atoms with Crippen molar-refractivity contribution in [3.63, 3.8) is 0 Å². The number of fused-ring (bicyclic) bond motifs is 1. The Labute approximate surface area is 504 Å². The highest BCUT2D eigenvalue weighted by Crippen LogP contribution is 2.31. The van der Waals surface area contributed by atoms with Crippen molar-refractivity contribution in [2.45, 2.75) is 56.6 Å². The molecule has 16 heteroatoms. The number of nitro benzene ring substituents is 1. The molecule has 8 aromatic rings. The number of likely N-dealkylation sites (N-methyl/N-ethyl adjacent to an activating group) is 3. The average Bonchev–Trinajstić information content (AvgIpc) is 3.74. The molecule has 0 aromatic heterocycles. The number of hydrogen-bond donors (Lipinski definition) is 9. The highest BCUT2D eigenvalue weighted by molar-refractivity contribution is 5.85. The van der Waals surface area contributed by atoms with Gasteiger partial charge in [0.15, 0.2) is 11.5 Å². The van der Waals surface area contributed by atoms with Crippen molar-refractivity contribution in [3.8, 4) is 23.0 Å². The summed E-state index contributed by atoms with van der Waals surface area (Å²) in [4.78, 5) is 12.4. The fourth-order valence-electron chi connectivity index (χ4n) is 9.39. The van der Waals surface area contributed by atoms with Crippen molar-refractivity contribution in [2.24, 2.45) is 0 Å². The number of phenolic OH excluding ortho intramolecular Hbond substituents is 1. The lowest BCUT2D eigenvalue weighted by Crippen LogP contribution is -2.40. The zero-order valence-electron chi connectivity index (χ0n) is 51.1. The van der Waals surface area contributed by atoms with Gasteiger partial charge in [0.25, 0.3) is 5.69 Å². The fourth-order valence-corrected chi connectivity index (χ4v) is 9.39. The number of rotatable bonds is 21. The predicted octanol–water partition coefficient (Wildman–Crippen LogP) is 10.4. The van der Waals surface area contributed by atoms with E-state index in [0.717, 1.165) is 67.3 Å². The van der Waals surface area contributed by atoms with E-state index in [4.69, 9.17) is 14.2 Å². The number of non-ortho nitro benzene ring substituents is 1. The monoisotopic (exact) mass is 1160 g/mol. The summed E-state index contributed by atoms with van der Waals surface area (Å²) >= 11 is 0. The van der Waals surface area contributed by atoms with Gasteiger partial charge in [0.1, 0.15) is 11.5 Å². The number of piperidine rings is 1. The number of aliphatic hydroxyl groups is 2. The van der Waals surface area contributed by atoms with Crippen molar-refractivity contribution >= 4 is 16.5 Å². The summed E-state index contributed by atoms with van der Waals surface area (Å²) in [5.41, 5.74) is 8.04. The molecular formula is C69H92N8O8. The molecule has 2 atom stereocenters. The van der Waals surface area contributed by atoms with Crippen LogP contribution in [-0.4, -0.2) is 128 Å². The van der Waals surface area contributed by atoms with Crippen LogP contribution in [0.15, 0.2) is 194 Å². The number of aromatic hydroxyl groups is 1. The van der Waals surface area contributed by atoms with Crippen LogP contribution in [0.3, 0.4) is 0 Å². The maximum Gasteiger partial charge on any atom is 0.269 e. The fraction of sp³-hybridized carbons (Fsp3) is 0.333. The molecule has 16 nitrogen and oxygen atoms in total. The topological polar surface area (TPSA) is 207 Å². The molecule has 1 saturated heterocycles. The third-order valence-corrected chi connectivity index (χ3v) is 14.1. The minimum absolute atomic E-state index is 0.0768. The number of likely N-dealkylation sites (tertiary alicyclic amines) is 1. The van der Waals surface area contributed by atoms with Crippen LogP contribution in [0.2, 0.25) is 0 Å². The second kappa shape index (κ2) is 40.5. The van der Waals surface area contributed by atoms with Crippen molar-refractivity contribution in [2.75, 3.05) is 96.3 Å². The lowest BCUT2D eigenvalue weighted by molar-refractivity contribution is -0.384. The summed E-state index contributed by atoms with van der Waals surface area (Å²) in [5, 5.41) is 60.1. The number of nitro groups is 1. The molecule has 1 aliphatic heterocycles. The quantitative estimate of drug-likeness (QED) is 0.0242. The van der Waals surface area contributed by atoms with Crippen molar-refractivity contribution in [1.82, 2.24) is 36.8 Å². The molecule has 0 amide bonds. The second-order valence-electron chi connectivity index (χ2n) is 20.0. The third-order valence-electron chi connectivity index (χ3n) is 14.1. The van der Waals surface area contributed by atoms with Gasteiger partial charge >= 0.3 is 0 Å². The molecule has 9 rings (SSSR count). The van der Waals surface area contributed by atoms with Gasteiger partial charge in [0.05, 0.1) is 50.1 Å². The minimum atomic E-state index is -0.588. The summed E-state index contributed by atoms with van der Waals surface area (Å²) in [5.74, 6) is 2.27. The van der Waals surface area contributed by atoms with E-state index in [1.165, 1.54) is 65.6 Å². The molecule has 0 spiro atoms. The van der Waals surface area contributed by atoms with Crippen LogP contribution in [0.5, 0.6) is 23.0 Å². The molecule has 0 bridgehead atoms. The van der Waals surface area contributed by atoms with E-state index in [1.54, 1.807) is 45.5 Å². The van der Waals surface area contributed by atoms with Gasteiger partial charge in [0, 0.05) is 44.4 Å². The highest BCUT2D eigenvalue weighted by atomic mass is 16.6. The summed E-state index contributed by atoms with van der Waals surface area (Å²) in [7, 11) is 16.4. The van der Waals surface area contributed by atoms with Gasteiger partial charge in [0.2, 0.25) is 0 Å². The first kappa shape index (κ1) is 69.8. The largest absolute Gasteiger partial charge is 0.504 e. The van der Waals surface area contributed by atoms with Crippen molar-refractivity contribution < 1.29 is 34.5 Å². The summed E-state index contributed by atoms with van der Waals surface area (Å²) in [6, 6.07) is 63.8. The average molecular weight is 1160 g/mol. The zero-order valence-corrected chi connectivity index (χ0v) is 51.1. The van der Waals surface area contributed by atoms with E-state index in [0.29, 0.717) is 30.4 Å². The molecule has 85 heavy (non-hydrogen) atoms. The van der Waals surface area contributed by atoms with E-state index < -0.39 is 6.10 Å². The molecule has 456 valence electrons. The lowest BCUT2D eigenvalue weighted by atomic mass is 9.99. The van der Waals surface area contributed by atoms with Crippen LogP contribution in [0.1, 0.15) is 70.0 Å². The highest BCUT2D eigenvalue weighted by Gasteiger charge is 2.21. The Hall–Kier alpha value is -7.74. The summed E-state index contributed by atoms with van der Waals surface area (Å²) in [6.45, 7) is 6.01. The van der Waals surface area contributed by atoms with Gasteiger partial charge in [-0.1, -0.05) is 158 Å². The maximum atomic E-state index is 10.3. The van der Waals surface area contributed by atoms with Crippen LogP contribution in [0.25, 0.3) is 10.8 Å². The van der Waals surface area contributed by atoms with Crippen LogP contribution < -0.4 is 46.1 Å². The third kappa shape index (κ3) is 24.4. The van der Waals surface area contributed by atoms with Crippen molar-refractivity contribution in [1.29, 1.82) is 0 Å². The Balaban J connectivity index is 0.000000220. The van der Waals surface area contributed by atoms with Crippen LogP contribution in [-0.2, 0) is 19.5 Å². The molecular weight excluding hydrogens is 1070 g/mol. The van der Waals surface area contributed by atoms with Gasteiger partial charge in [-0.3, -0.25) is 15.0 Å². The number of nitrogens with one attached hydrogen (secondary N) is 6. The molecule has 1 fully saturated rings. The summed E-state index contributed by atoms with van der Waals surface area (Å²) in [6.07, 6.45) is 2.33. The molecule has 0 saturated carbocycles. The Morgan fingerprint density at radius 1 is 0.565 bits per heavy atom. The number of nitrogens with zero attached hydrogens (tertiary/aromatic N) is 2. The van der Waals surface area contributed by atoms with E-state index >= 15 is 0 Å². The van der Waals surface area contributed by atoms with Crippen LogP contribution in [0, 0.1) is 10.1 Å². The Morgan fingerprint density at radius 2 is 1.07 bits per heavy atom. The Bertz CT molecular complexity index is 2980. The smallest absolute Gasteiger partial charge is 0.269 e. The van der Waals surface area contributed by atoms with E-state index in [2.05, 4.69) is 128 Å². The number of ether oxygens (including phenoxy) is 3. The lowest BCUT2D eigenvalue weighted by Gasteiger charge is -2.32. The van der Waals surface area contributed by atoms with E-state index in [9.17, 15) is 25.4 Å². The molecule has 1 aliphatic rings. The number of methoxy groups -OCH3 is 3. The van der Waals surface area contributed by atoms with Crippen LogP contribution in [0.4, 0.5) is 5.69 Å². The number of phenols is 1. The molecule has 9 N–H and O–H groups in total. The van der Waals surface area contributed by atoms with Gasteiger partial charge in [-0.2, -0.15) is 0 Å². The van der Waals surface area contributed by atoms with Gasteiger partial charge in [-0.15, -0.1) is 0 Å². The maximum absolute atomic E-state index is 10.3. The van der Waals surface area contributed by atoms with E-state index in [1.807, 2.05) is 95.9 Å². The van der Waals surface area contributed by atoms with E-state index in [-0.39, 0.29) is 28.5 Å². The Morgan fingerprint density at radius 3 is 1.56 bits per heavy atom. The number of aliphatic hydroxyl groups excluding tert-OH is 2. The standard InChI is InChI=1S/C15H24N2O2.C14H15N.C12H13N.C10H15NO3.C9H12N2O2.C9H13NO/c1-16-12-7-9-17(10-8-12)11-13-14(18-2)5-4-6-15(13)19-3;1-15-14(12-8-4-2-5-9-12)13-10-6-3-7-11-13;1-13-9-11-7-4-6-10-5-2-3-8-12(10)11;1-11-6-9(13)7-3-4-8(12)10(5-7)14-2;1-10-7-6-8-2-4-9(5-3-8)11(12)13;1-10-7-9(11)8-5-3-2-4-6-8/h4-6,12,16H,7-11H2,1-3H3;2-11,14-15H,1H3;2-8,13H,9H2,1H3;3-5,9,11-13H,6H2,1-2H3;2-5,10H,6-7H2,1H3;2-6,9-11H,7H2,1H3. The molecule has 0 radical (unpaired) electrons. The Kier molecular flexibility index (Phi) is 33.2. The first-order chi connectivity index (χ1) is 41.4.